The number of nitrogens with zero attached hydrogens (tertiary/aromatic N) is 2. The number of thioether (sulfide) groups is 1. The molecule has 0 aromatic heterocycles. The summed E-state index contributed by atoms with van der Waals surface area (Å²) < 4.78 is 0. The van der Waals surface area contributed by atoms with Gasteiger partial charge in [0.15, 0.2) is 0 Å². The van der Waals surface area contributed by atoms with Gasteiger partial charge in [-0.05, 0) is 38.3 Å². The molecule has 1 aliphatic carbocycles. The Morgan fingerprint density at radius 1 is 1.15 bits per heavy atom. The normalized spacial score (nSPS) is 24.9. The van der Waals surface area contributed by atoms with Crippen LogP contribution in [0.5, 0.6) is 0 Å². The molecule has 0 bridgehead atoms. The van der Waals surface area contributed by atoms with E-state index in [1.54, 1.807) is 0 Å². The fourth-order valence-corrected chi connectivity index (χ4v) is 5.55. The smallest absolute Gasteiger partial charge is 0.243 e. The Labute approximate surface area is 163 Å². The maximum atomic E-state index is 13.1. The monoisotopic (exact) mass is 383 g/mol. The fourth-order valence-electron chi connectivity index (χ4n) is 3.89. The maximum absolute atomic E-state index is 13.1. The number of amides is 2. The number of rotatable bonds is 6. The minimum atomic E-state index is -0.316. The van der Waals surface area contributed by atoms with E-state index in [1.165, 1.54) is 32.1 Å². The van der Waals surface area contributed by atoms with Crippen molar-refractivity contribution in [3.05, 3.63) is 0 Å². The molecule has 6 heteroatoms. The first-order chi connectivity index (χ1) is 12.2. The van der Waals surface area contributed by atoms with E-state index in [0.29, 0.717) is 18.9 Å². The van der Waals surface area contributed by atoms with E-state index in [2.05, 4.69) is 31.0 Å². The summed E-state index contributed by atoms with van der Waals surface area (Å²) in [5, 5.41) is 3.21. The summed E-state index contributed by atoms with van der Waals surface area (Å²) in [6.45, 7) is 7.72. The van der Waals surface area contributed by atoms with Crippen LogP contribution in [0, 0.1) is 11.3 Å². The molecule has 0 aromatic rings. The van der Waals surface area contributed by atoms with Gasteiger partial charge in [0, 0.05) is 25.3 Å². The van der Waals surface area contributed by atoms with Crippen LogP contribution in [0.15, 0.2) is 0 Å². The molecule has 2 fully saturated rings. The van der Waals surface area contributed by atoms with Crippen molar-refractivity contribution >= 4 is 23.6 Å². The lowest BCUT2D eigenvalue weighted by Crippen LogP contribution is -2.52. The second-order valence-electron chi connectivity index (χ2n) is 9.27. The van der Waals surface area contributed by atoms with Crippen molar-refractivity contribution in [2.75, 3.05) is 32.9 Å². The van der Waals surface area contributed by atoms with Gasteiger partial charge in [-0.25, -0.2) is 0 Å². The van der Waals surface area contributed by atoms with Gasteiger partial charge in [-0.15, -0.1) is 11.8 Å². The number of hydrogen-bond acceptors (Lipinski definition) is 4. The zero-order chi connectivity index (χ0) is 19.3. The van der Waals surface area contributed by atoms with E-state index < -0.39 is 0 Å². The number of likely N-dealkylation sites (N-methyl/N-ethyl adjacent to an activating group) is 1. The molecule has 0 spiro atoms. The highest BCUT2D eigenvalue weighted by Crippen LogP contribution is 2.41. The minimum absolute atomic E-state index is 0.0138. The van der Waals surface area contributed by atoms with Gasteiger partial charge in [-0.2, -0.15) is 0 Å². The van der Waals surface area contributed by atoms with Crippen LogP contribution in [0.4, 0.5) is 0 Å². The second-order valence-corrected chi connectivity index (χ2v) is 10.4. The predicted molar refractivity (Wildman–Crippen MR) is 109 cm³/mol. The molecular formula is C20H37N3O2S. The van der Waals surface area contributed by atoms with Gasteiger partial charge in [-0.3, -0.25) is 9.59 Å². The summed E-state index contributed by atoms with van der Waals surface area (Å²) in [6, 6.07) is -0.316. The van der Waals surface area contributed by atoms with Crippen molar-refractivity contribution in [1.29, 1.82) is 0 Å². The summed E-state index contributed by atoms with van der Waals surface area (Å²) in [5.74, 6) is 1.42. The first-order valence-corrected chi connectivity index (χ1v) is 11.1. The first kappa shape index (κ1) is 21.5. The molecule has 1 N–H and O–H groups in total. The van der Waals surface area contributed by atoms with Crippen molar-refractivity contribution < 1.29 is 9.59 Å². The lowest BCUT2D eigenvalue weighted by atomic mass is 9.87. The van der Waals surface area contributed by atoms with E-state index >= 15 is 0 Å². The van der Waals surface area contributed by atoms with Crippen LogP contribution in [0.1, 0.15) is 59.3 Å². The summed E-state index contributed by atoms with van der Waals surface area (Å²) in [7, 11) is 3.99. The fraction of sp³-hybridized carbons (Fsp3) is 0.900. The van der Waals surface area contributed by atoms with Crippen LogP contribution in [-0.4, -0.2) is 66.0 Å². The maximum Gasteiger partial charge on any atom is 0.243 e. The number of carbonyl (C=O) groups is 2. The standard InChI is InChI=1S/C20H37N3O2S/c1-20(2,3)13-17(24)23-16(18(25)21-11-12-22(4)5)14-26-19(23)15-9-7-6-8-10-15/h15-16,19H,6-14H2,1-5H3,(H,21,25). The topological polar surface area (TPSA) is 52.7 Å². The van der Waals surface area contributed by atoms with Gasteiger partial charge in [0.1, 0.15) is 6.04 Å². The molecule has 1 aliphatic heterocycles. The van der Waals surface area contributed by atoms with E-state index in [-0.39, 0.29) is 28.6 Å². The average Bonchev–Trinajstić information content (AvgIpc) is 2.99. The first-order valence-electron chi connectivity index (χ1n) is 10.0. The highest BCUT2D eigenvalue weighted by Gasteiger charge is 2.45. The highest BCUT2D eigenvalue weighted by atomic mass is 32.2. The molecule has 2 rings (SSSR count). The molecule has 0 aromatic carbocycles. The summed E-state index contributed by atoms with van der Waals surface area (Å²) in [5.41, 5.74) is -0.0621. The Bertz CT molecular complexity index is 484. The molecule has 2 amide bonds. The molecule has 150 valence electrons. The third-order valence-corrected chi connectivity index (χ3v) is 6.68. The van der Waals surface area contributed by atoms with E-state index in [1.807, 2.05) is 30.8 Å². The van der Waals surface area contributed by atoms with E-state index in [9.17, 15) is 9.59 Å². The van der Waals surface area contributed by atoms with E-state index in [0.717, 1.165) is 12.3 Å². The van der Waals surface area contributed by atoms with Crippen molar-refractivity contribution in [3.63, 3.8) is 0 Å². The van der Waals surface area contributed by atoms with Crippen LogP contribution in [0.3, 0.4) is 0 Å². The minimum Gasteiger partial charge on any atom is -0.353 e. The van der Waals surface area contributed by atoms with Crippen molar-refractivity contribution in [2.45, 2.75) is 70.7 Å². The van der Waals surface area contributed by atoms with Crippen LogP contribution in [-0.2, 0) is 9.59 Å². The molecular weight excluding hydrogens is 346 g/mol. The molecule has 2 atom stereocenters. The third-order valence-electron chi connectivity index (χ3n) is 5.22. The SMILES string of the molecule is CN(C)CCNC(=O)C1CSC(C2CCCCC2)N1C(=O)CC(C)(C)C. The van der Waals surface area contributed by atoms with Crippen LogP contribution >= 0.6 is 11.8 Å². The van der Waals surface area contributed by atoms with Gasteiger partial charge in [0.05, 0.1) is 5.37 Å². The summed E-state index contributed by atoms with van der Waals surface area (Å²) in [4.78, 5) is 29.9. The Morgan fingerprint density at radius 2 is 1.81 bits per heavy atom. The molecule has 26 heavy (non-hydrogen) atoms. The Kier molecular flexibility index (Phi) is 7.83. The Morgan fingerprint density at radius 3 is 2.38 bits per heavy atom. The van der Waals surface area contributed by atoms with Crippen molar-refractivity contribution in [1.82, 2.24) is 15.1 Å². The average molecular weight is 384 g/mol. The summed E-state index contributed by atoms with van der Waals surface area (Å²) >= 11 is 1.82. The van der Waals surface area contributed by atoms with Crippen LogP contribution in [0.2, 0.25) is 0 Å². The lowest BCUT2D eigenvalue weighted by Gasteiger charge is -2.36. The van der Waals surface area contributed by atoms with Gasteiger partial charge in [0.2, 0.25) is 11.8 Å². The lowest BCUT2D eigenvalue weighted by molar-refractivity contribution is -0.142. The van der Waals surface area contributed by atoms with Gasteiger partial charge in [-0.1, -0.05) is 40.0 Å². The molecule has 1 saturated heterocycles. The number of carbonyl (C=O) groups excluding carboxylic acids is 2. The third kappa shape index (κ3) is 6.15. The second kappa shape index (κ2) is 9.45. The van der Waals surface area contributed by atoms with Gasteiger partial charge in [0.25, 0.3) is 0 Å². The molecule has 5 nitrogen and oxygen atoms in total. The largest absolute Gasteiger partial charge is 0.353 e. The molecule has 1 heterocycles. The van der Waals surface area contributed by atoms with Crippen molar-refractivity contribution in [2.24, 2.45) is 11.3 Å². The summed E-state index contributed by atoms with van der Waals surface area (Å²) in [6.07, 6.45) is 6.68. The molecule has 1 saturated carbocycles. The zero-order valence-electron chi connectivity index (χ0n) is 17.2. The number of nitrogens with one attached hydrogen (secondary N) is 1. The molecule has 2 aliphatic rings. The quantitative estimate of drug-likeness (QED) is 0.766. The van der Waals surface area contributed by atoms with Gasteiger partial charge >= 0.3 is 0 Å². The molecule has 2 unspecified atom stereocenters. The Hall–Kier alpha value is -0.750. The van der Waals surface area contributed by atoms with E-state index in [4.69, 9.17) is 0 Å². The van der Waals surface area contributed by atoms with Crippen molar-refractivity contribution in [3.8, 4) is 0 Å². The van der Waals surface area contributed by atoms with Gasteiger partial charge < -0.3 is 15.1 Å². The van der Waals surface area contributed by atoms with Crippen LogP contribution < -0.4 is 5.32 Å². The molecule has 0 radical (unpaired) electrons. The zero-order valence-corrected chi connectivity index (χ0v) is 18.0. The Balaban J connectivity index is 2.09. The highest BCUT2D eigenvalue weighted by molar-refractivity contribution is 8.00. The predicted octanol–water partition coefficient (Wildman–Crippen LogP) is 2.95. The van der Waals surface area contributed by atoms with Crippen LogP contribution in [0.25, 0.3) is 0 Å². The number of hydrogen-bond donors (Lipinski definition) is 1.